The molecule has 2 aromatic carbocycles. The molecule has 0 saturated carbocycles. The molecule has 2 atom stereocenters. The van der Waals surface area contributed by atoms with Crippen LogP contribution in [0.1, 0.15) is 17.2 Å². The molecule has 7 nitrogen and oxygen atoms in total. The maximum Gasteiger partial charge on any atom is 0.246 e. The minimum absolute atomic E-state index is 0.276. The van der Waals surface area contributed by atoms with Gasteiger partial charge in [-0.3, -0.25) is 9.69 Å². The summed E-state index contributed by atoms with van der Waals surface area (Å²) < 4.78 is 39.8. The third-order valence-corrected chi connectivity index (χ3v) is 5.73. The summed E-state index contributed by atoms with van der Waals surface area (Å²) >= 11 is 0. The number of ether oxygens (including phenoxy) is 2. The number of halogens is 2. The summed E-state index contributed by atoms with van der Waals surface area (Å²) in [5.74, 6) is -1.98. The number of benzene rings is 2. The zero-order valence-corrected chi connectivity index (χ0v) is 17.8. The van der Waals surface area contributed by atoms with Crippen molar-refractivity contribution in [1.29, 1.82) is 0 Å². The zero-order chi connectivity index (χ0) is 22.7. The van der Waals surface area contributed by atoms with Gasteiger partial charge >= 0.3 is 0 Å². The topological polar surface area (TPSA) is 80.4 Å². The number of carbonyl (C=O) groups is 1. The predicted molar refractivity (Wildman–Crippen MR) is 116 cm³/mol. The van der Waals surface area contributed by atoms with Gasteiger partial charge < -0.3 is 20.1 Å². The molecule has 32 heavy (non-hydrogen) atoms. The second-order valence-corrected chi connectivity index (χ2v) is 7.98. The number of nitrogens with two attached hydrogens (primary N) is 1. The number of primary amides is 1. The molecule has 2 heterocycles. The maximum atomic E-state index is 14.1. The molecule has 0 bridgehead atoms. The Labute approximate surface area is 185 Å². The van der Waals surface area contributed by atoms with E-state index >= 15 is 0 Å². The minimum atomic E-state index is -1.09. The molecule has 0 aliphatic carbocycles. The van der Waals surface area contributed by atoms with Gasteiger partial charge in [0.2, 0.25) is 11.8 Å². The first-order chi connectivity index (χ1) is 15.4. The summed E-state index contributed by atoms with van der Waals surface area (Å²) in [4.78, 5) is 20.7. The van der Waals surface area contributed by atoms with Gasteiger partial charge in [0.25, 0.3) is 0 Å². The molecule has 2 unspecified atom stereocenters. The van der Waals surface area contributed by atoms with Crippen LogP contribution in [0.25, 0.3) is 0 Å². The Balaban J connectivity index is 1.40. The molecule has 170 valence electrons. The maximum absolute atomic E-state index is 14.1. The molecule has 1 saturated heterocycles. The summed E-state index contributed by atoms with van der Waals surface area (Å²) in [7, 11) is 2.12. The van der Waals surface area contributed by atoms with Crippen molar-refractivity contribution in [2.75, 3.05) is 46.4 Å². The number of amides is 1. The van der Waals surface area contributed by atoms with Crippen molar-refractivity contribution in [3.8, 4) is 5.75 Å². The lowest BCUT2D eigenvalue weighted by atomic mass is 10.0. The van der Waals surface area contributed by atoms with Gasteiger partial charge in [0.15, 0.2) is 12.1 Å². The number of rotatable bonds is 7. The first kappa shape index (κ1) is 22.2. The number of nitrogens with zero attached hydrogens (tertiary/aromatic N) is 3. The molecule has 0 aromatic heterocycles. The Morgan fingerprint density at radius 3 is 2.41 bits per heavy atom. The first-order valence-electron chi connectivity index (χ1n) is 10.5. The Bertz CT molecular complexity index is 971. The van der Waals surface area contributed by atoms with Crippen LogP contribution in [0, 0.1) is 11.6 Å². The van der Waals surface area contributed by atoms with Crippen molar-refractivity contribution in [3.63, 3.8) is 0 Å². The van der Waals surface area contributed by atoms with E-state index in [1.165, 1.54) is 6.07 Å². The van der Waals surface area contributed by atoms with Crippen molar-refractivity contribution < 1.29 is 23.0 Å². The van der Waals surface area contributed by atoms with Crippen LogP contribution in [0.3, 0.4) is 0 Å². The van der Waals surface area contributed by atoms with E-state index in [2.05, 4.69) is 21.8 Å². The normalized spacial score (nSPS) is 21.8. The van der Waals surface area contributed by atoms with Gasteiger partial charge in [0, 0.05) is 32.7 Å². The molecule has 4 rings (SSSR count). The number of hydrogen-bond acceptors (Lipinski definition) is 6. The number of hydrogen-bond donors (Lipinski definition) is 1. The standard InChI is InChI=1S/C23H26F2N4O3/c1-28-9-11-29(12-10-28)13-14-31-16-7-5-15(6-8-16)21-20(22(26)30)27-23(32-21)19-17(24)3-2-4-18(19)25/h2-8,20-21H,9-14H2,1H3,(H2,26,30). The first-order valence-corrected chi connectivity index (χ1v) is 10.5. The Hall–Kier alpha value is -3.04. The average molecular weight is 444 g/mol. The number of carbonyl (C=O) groups excluding carboxylic acids is 1. The molecule has 9 heteroatoms. The third-order valence-electron chi connectivity index (χ3n) is 5.73. The molecule has 1 fully saturated rings. The Morgan fingerprint density at radius 1 is 1.12 bits per heavy atom. The molecule has 1 amide bonds. The van der Waals surface area contributed by atoms with Crippen LogP contribution >= 0.6 is 0 Å². The van der Waals surface area contributed by atoms with Crippen LogP contribution in [0.15, 0.2) is 47.5 Å². The van der Waals surface area contributed by atoms with E-state index in [1.807, 2.05) is 0 Å². The predicted octanol–water partition coefficient (Wildman–Crippen LogP) is 1.96. The third kappa shape index (κ3) is 4.89. The molecule has 2 aromatic rings. The van der Waals surface area contributed by atoms with E-state index < -0.39 is 35.3 Å². The molecule has 0 spiro atoms. The monoisotopic (exact) mass is 444 g/mol. The number of aliphatic imine (C=N–C) groups is 1. The second kappa shape index (κ2) is 9.62. The van der Waals surface area contributed by atoms with Gasteiger partial charge in [0.1, 0.15) is 29.6 Å². The van der Waals surface area contributed by atoms with Gasteiger partial charge in [-0.15, -0.1) is 0 Å². The largest absolute Gasteiger partial charge is 0.492 e. The van der Waals surface area contributed by atoms with Crippen LogP contribution in [-0.4, -0.2) is 74.0 Å². The summed E-state index contributed by atoms with van der Waals surface area (Å²) in [6.45, 7) is 5.56. The SMILES string of the molecule is CN1CCN(CCOc2ccc(C3OC(c4c(F)cccc4F)=NC3C(N)=O)cc2)CC1. The van der Waals surface area contributed by atoms with E-state index in [4.69, 9.17) is 15.2 Å². The molecular formula is C23H26F2N4O3. The van der Waals surface area contributed by atoms with Gasteiger partial charge in [-0.1, -0.05) is 18.2 Å². The second-order valence-electron chi connectivity index (χ2n) is 7.98. The van der Waals surface area contributed by atoms with Crippen LogP contribution in [0.4, 0.5) is 8.78 Å². The van der Waals surface area contributed by atoms with Crippen LogP contribution < -0.4 is 10.5 Å². The van der Waals surface area contributed by atoms with Crippen molar-refractivity contribution in [1.82, 2.24) is 9.80 Å². The zero-order valence-electron chi connectivity index (χ0n) is 17.8. The Kier molecular flexibility index (Phi) is 6.66. The van der Waals surface area contributed by atoms with Gasteiger partial charge in [-0.25, -0.2) is 13.8 Å². The molecule has 0 radical (unpaired) electrons. The number of piperazine rings is 1. The van der Waals surface area contributed by atoms with Crippen LogP contribution in [0.2, 0.25) is 0 Å². The lowest BCUT2D eigenvalue weighted by Crippen LogP contribution is -2.45. The summed E-state index contributed by atoms with van der Waals surface area (Å²) in [6.07, 6.45) is -0.874. The average Bonchev–Trinajstić information content (AvgIpc) is 3.21. The fourth-order valence-corrected chi connectivity index (χ4v) is 3.82. The quantitative estimate of drug-likeness (QED) is 0.706. The fraction of sp³-hybridized carbons (Fsp3) is 0.391. The minimum Gasteiger partial charge on any atom is -0.492 e. The smallest absolute Gasteiger partial charge is 0.246 e. The highest BCUT2D eigenvalue weighted by atomic mass is 19.1. The highest BCUT2D eigenvalue weighted by molar-refractivity contribution is 5.99. The highest BCUT2D eigenvalue weighted by Crippen LogP contribution is 2.33. The van der Waals surface area contributed by atoms with Crippen LogP contribution in [0.5, 0.6) is 5.75 Å². The Morgan fingerprint density at radius 2 is 1.78 bits per heavy atom. The summed E-state index contributed by atoms with van der Waals surface area (Å²) in [6, 6.07) is 9.37. The van der Waals surface area contributed by atoms with Crippen LogP contribution in [-0.2, 0) is 9.53 Å². The summed E-state index contributed by atoms with van der Waals surface area (Å²) in [5, 5.41) is 0. The summed E-state index contributed by atoms with van der Waals surface area (Å²) in [5.41, 5.74) is 5.67. The van der Waals surface area contributed by atoms with Gasteiger partial charge in [-0.2, -0.15) is 0 Å². The highest BCUT2D eigenvalue weighted by Gasteiger charge is 2.38. The molecule has 2 aliphatic heterocycles. The van der Waals surface area contributed by atoms with Crippen molar-refractivity contribution in [2.24, 2.45) is 10.7 Å². The molecule has 2 N–H and O–H groups in total. The van der Waals surface area contributed by atoms with E-state index in [0.717, 1.165) is 44.9 Å². The molecule has 2 aliphatic rings. The van der Waals surface area contributed by atoms with Gasteiger partial charge in [-0.05, 0) is 36.9 Å². The lowest BCUT2D eigenvalue weighted by molar-refractivity contribution is -0.120. The van der Waals surface area contributed by atoms with E-state index in [9.17, 15) is 13.6 Å². The van der Waals surface area contributed by atoms with E-state index in [1.54, 1.807) is 24.3 Å². The van der Waals surface area contributed by atoms with E-state index in [-0.39, 0.29) is 5.90 Å². The molecular weight excluding hydrogens is 418 g/mol. The van der Waals surface area contributed by atoms with Gasteiger partial charge in [0.05, 0.1) is 0 Å². The van der Waals surface area contributed by atoms with Crippen molar-refractivity contribution in [2.45, 2.75) is 12.1 Å². The van der Waals surface area contributed by atoms with Crippen molar-refractivity contribution in [3.05, 3.63) is 65.2 Å². The lowest BCUT2D eigenvalue weighted by Gasteiger charge is -2.32. The van der Waals surface area contributed by atoms with Crippen molar-refractivity contribution >= 4 is 11.8 Å². The van der Waals surface area contributed by atoms with E-state index in [0.29, 0.717) is 17.9 Å². The fourth-order valence-electron chi connectivity index (χ4n) is 3.82. The number of likely N-dealkylation sites (N-methyl/N-ethyl adjacent to an activating group) is 1.